The average molecular weight is 278 g/mol. The number of rotatable bonds is 1. The van der Waals surface area contributed by atoms with Crippen LogP contribution in [0.4, 0.5) is 10.5 Å². The zero-order chi connectivity index (χ0) is 13.2. The molecule has 2 heterocycles. The Hall–Kier alpha value is -2.01. The number of amides is 2. The molecule has 0 saturated heterocycles. The van der Waals surface area contributed by atoms with E-state index < -0.39 is 0 Å². The minimum atomic E-state index is -0.144. The molecule has 0 fully saturated rings. The SMILES string of the molecule is O=C(Nc1cccc(Cl)c1)N1CCc2oncc2C1. The van der Waals surface area contributed by atoms with E-state index in [1.165, 1.54) is 0 Å². The minimum absolute atomic E-state index is 0.144. The van der Waals surface area contributed by atoms with Crippen molar-refractivity contribution in [3.63, 3.8) is 0 Å². The number of carbonyl (C=O) groups excluding carboxylic acids is 1. The Balaban J connectivity index is 1.69. The Bertz CT molecular complexity index is 611. The number of fused-ring (bicyclic) bond motifs is 1. The third-order valence-corrected chi connectivity index (χ3v) is 3.30. The predicted molar refractivity (Wildman–Crippen MR) is 71.1 cm³/mol. The van der Waals surface area contributed by atoms with Crippen molar-refractivity contribution in [2.45, 2.75) is 13.0 Å². The van der Waals surface area contributed by atoms with Crippen LogP contribution in [0.2, 0.25) is 5.02 Å². The number of carbonyl (C=O) groups is 1. The standard InChI is InChI=1S/C13H12ClN3O2/c14-10-2-1-3-11(6-10)16-13(18)17-5-4-12-9(8-17)7-15-19-12/h1-3,6-7H,4-5,8H2,(H,16,18). The van der Waals surface area contributed by atoms with Crippen LogP contribution in [-0.2, 0) is 13.0 Å². The first-order chi connectivity index (χ1) is 9.22. The molecule has 0 saturated carbocycles. The van der Waals surface area contributed by atoms with E-state index in [1.54, 1.807) is 35.4 Å². The molecule has 2 amide bonds. The Morgan fingerprint density at radius 1 is 1.47 bits per heavy atom. The van der Waals surface area contributed by atoms with Crippen LogP contribution in [0, 0.1) is 0 Å². The van der Waals surface area contributed by atoms with Gasteiger partial charge in [-0.1, -0.05) is 22.8 Å². The first-order valence-corrected chi connectivity index (χ1v) is 6.34. The van der Waals surface area contributed by atoms with E-state index in [0.717, 1.165) is 11.3 Å². The number of anilines is 1. The van der Waals surface area contributed by atoms with Gasteiger partial charge in [0.2, 0.25) is 0 Å². The smallest absolute Gasteiger partial charge is 0.322 e. The second kappa shape index (κ2) is 4.93. The fourth-order valence-electron chi connectivity index (χ4n) is 2.08. The van der Waals surface area contributed by atoms with Gasteiger partial charge >= 0.3 is 6.03 Å². The molecular weight excluding hydrogens is 266 g/mol. The molecule has 0 aliphatic carbocycles. The molecule has 1 aromatic heterocycles. The lowest BCUT2D eigenvalue weighted by Gasteiger charge is -2.25. The highest BCUT2D eigenvalue weighted by molar-refractivity contribution is 6.30. The number of halogens is 1. The van der Waals surface area contributed by atoms with Crippen molar-refractivity contribution >= 4 is 23.3 Å². The number of aromatic nitrogens is 1. The number of hydrogen-bond donors (Lipinski definition) is 1. The highest BCUT2D eigenvalue weighted by atomic mass is 35.5. The Morgan fingerprint density at radius 2 is 2.37 bits per heavy atom. The highest BCUT2D eigenvalue weighted by Gasteiger charge is 2.23. The lowest BCUT2D eigenvalue weighted by Crippen LogP contribution is -2.38. The Kier molecular flexibility index (Phi) is 3.13. The van der Waals surface area contributed by atoms with Gasteiger partial charge < -0.3 is 14.7 Å². The fraction of sp³-hybridized carbons (Fsp3) is 0.231. The Labute approximate surface area is 115 Å². The van der Waals surface area contributed by atoms with Crippen molar-refractivity contribution < 1.29 is 9.32 Å². The maximum atomic E-state index is 12.1. The van der Waals surface area contributed by atoms with E-state index in [4.69, 9.17) is 16.1 Å². The van der Waals surface area contributed by atoms with E-state index in [1.807, 2.05) is 0 Å². The molecule has 0 spiro atoms. The average Bonchev–Trinajstić information content (AvgIpc) is 2.85. The second-order valence-corrected chi connectivity index (χ2v) is 4.82. The normalized spacial score (nSPS) is 14.1. The molecule has 6 heteroatoms. The molecule has 0 bridgehead atoms. The molecule has 0 radical (unpaired) electrons. The molecule has 5 nitrogen and oxygen atoms in total. The number of nitrogens with one attached hydrogen (secondary N) is 1. The van der Waals surface area contributed by atoms with Crippen molar-refractivity contribution in [2.24, 2.45) is 0 Å². The summed E-state index contributed by atoms with van der Waals surface area (Å²) < 4.78 is 5.09. The second-order valence-electron chi connectivity index (χ2n) is 4.39. The third kappa shape index (κ3) is 2.56. The van der Waals surface area contributed by atoms with Gasteiger partial charge in [0.15, 0.2) is 0 Å². The van der Waals surface area contributed by atoms with Gasteiger partial charge in [-0.2, -0.15) is 0 Å². The van der Waals surface area contributed by atoms with E-state index in [-0.39, 0.29) is 6.03 Å². The molecule has 0 unspecified atom stereocenters. The van der Waals surface area contributed by atoms with Crippen LogP contribution < -0.4 is 5.32 Å². The molecule has 3 rings (SSSR count). The number of nitrogens with zero attached hydrogens (tertiary/aromatic N) is 2. The van der Waals surface area contributed by atoms with E-state index in [2.05, 4.69) is 10.5 Å². The van der Waals surface area contributed by atoms with Crippen LogP contribution in [0.5, 0.6) is 0 Å². The number of hydrogen-bond acceptors (Lipinski definition) is 3. The molecule has 98 valence electrons. The molecule has 1 aliphatic heterocycles. The van der Waals surface area contributed by atoms with Crippen LogP contribution in [0.3, 0.4) is 0 Å². The summed E-state index contributed by atoms with van der Waals surface area (Å²) in [5.41, 5.74) is 1.65. The largest absolute Gasteiger partial charge is 0.361 e. The Morgan fingerprint density at radius 3 is 3.21 bits per heavy atom. The summed E-state index contributed by atoms with van der Waals surface area (Å²) in [5.74, 6) is 0.867. The first kappa shape index (κ1) is 12.0. The molecule has 1 aliphatic rings. The molecule has 19 heavy (non-hydrogen) atoms. The highest BCUT2D eigenvalue weighted by Crippen LogP contribution is 2.20. The fourth-order valence-corrected chi connectivity index (χ4v) is 2.27. The van der Waals surface area contributed by atoms with Gasteiger partial charge in [-0.15, -0.1) is 0 Å². The van der Waals surface area contributed by atoms with Gasteiger partial charge in [0, 0.05) is 29.2 Å². The van der Waals surface area contributed by atoms with Crippen molar-refractivity contribution in [2.75, 3.05) is 11.9 Å². The van der Waals surface area contributed by atoms with Gasteiger partial charge in [-0.25, -0.2) is 4.79 Å². The van der Waals surface area contributed by atoms with Crippen LogP contribution in [0.25, 0.3) is 0 Å². The van der Waals surface area contributed by atoms with Gasteiger partial charge in [0.1, 0.15) is 5.76 Å². The van der Waals surface area contributed by atoms with Crippen molar-refractivity contribution in [1.29, 1.82) is 0 Å². The van der Waals surface area contributed by atoms with Crippen LogP contribution in [0.1, 0.15) is 11.3 Å². The third-order valence-electron chi connectivity index (χ3n) is 3.06. The van der Waals surface area contributed by atoms with Gasteiger partial charge in [0.25, 0.3) is 0 Å². The first-order valence-electron chi connectivity index (χ1n) is 5.96. The summed E-state index contributed by atoms with van der Waals surface area (Å²) in [6.07, 6.45) is 2.35. The maximum Gasteiger partial charge on any atom is 0.322 e. The van der Waals surface area contributed by atoms with Gasteiger partial charge in [0.05, 0.1) is 12.7 Å². The van der Waals surface area contributed by atoms with Crippen molar-refractivity contribution in [3.05, 3.63) is 46.8 Å². The molecule has 1 aromatic carbocycles. The maximum absolute atomic E-state index is 12.1. The van der Waals surface area contributed by atoms with Crippen LogP contribution >= 0.6 is 11.6 Å². The van der Waals surface area contributed by atoms with Gasteiger partial charge in [-0.05, 0) is 18.2 Å². The summed E-state index contributed by atoms with van der Waals surface area (Å²) in [4.78, 5) is 13.9. The summed E-state index contributed by atoms with van der Waals surface area (Å²) in [7, 11) is 0. The molecular formula is C13H12ClN3O2. The lowest BCUT2D eigenvalue weighted by atomic mass is 10.1. The lowest BCUT2D eigenvalue weighted by molar-refractivity contribution is 0.202. The van der Waals surface area contributed by atoms with Crippen molar-refractivity contribution in [1.82, 2.24) is 10.1 Å². The molecule has 0 atom stereocenters. The molecule has 2 aromatic rings. The number of benzene rings is 1. The molecule has 1 N–H and O–H groups in total. The predicted octanol–water partition coefficient (Wildman–Crippen LogP) is 2.92. The summed E-state index contributed by atoms with van der Waals surface area (Å²) in [5, 5.41) is 7.16. The zero-order valence-corrected chi connectivity index (χ0v) is 10.9. The summed E-state index contributed by atoms with van der Waals surface area (Å²) in [6, 6.07) is 6.94. The topological polar surface area (TPSA) is 58.4 Å². The van der Waals surface area contributed by atoms with E-state index >= 15 is 0 Å². The van der Waals surface area contributed by atoms with E-state index in [0.29, 0.717) is 30.2 Å². The van der Waals surface area contributed by atoms with Crippen LogP contribution in [0.15, 0.2) is 35.0 Å². The quantitative estimate of drug-likeness (QED) is 0.872. The van der Waals surface area contributed by atoms with Crippen molar-refractivity contribution in [3.8, 4) is 0 Å². The van der Waals surface area contributed by atoms with Crippen LogP contribution in [-0.4, -0.2) is 22.6 Å². The monoisotopic (exact) mass is 277 g/mol. The summed E-state index contributed by atoms with van der Waals surface area (Å²) in [6.45, 7) is 1.14. The summed E-state index contributed by atoms with van der Waals surface area (Å²) >= 11 is 5.88. The zero-order valence-electron chi connectivity index (χ0n) is 10.1. The number of urea groups is 1. The van der Waals surface area contributed by atoms with E-state index in [9.17, 15) is 4.79 Å². The van der Waals surface area contributed by atoms with Gasteiger partial charge in [-0.3, -0.25) is 0 Å². The minimum Gasteiger partial charge on any atom is -0.361 e.